The minimum Gasteiger partial charge on any atom is -0.393 e. The SMILES string of the molecule is C[C@H](CC[C@@H](O)C(C)(C)O)[C@H]1C[C@@H](O)[C@@H]2[C@]1(C)CC[C@H]1[C@@]2(O)C[C@@H](O)C2[C@@H](O)[C@@H](O)CC[C@@]21C. The van der Waals surface area contributed by atoms with E-state index in [4.69, 9.17) is 0 Å². The maximum Gasteiger partial charge on any atom is 0.0857 e. The molecule has 0 radical (unpaired) electrons. The zero-order chi connectivity index (χ0) is 25.4. The molecule has 4 rings (SSSR count). The number of aliphatic hydroxyl groups excluding tert-OH is 5. The van der Waals surface area contributed by atoms with Gasteiger partial charge >= 0.3 is 0 Å². The average molecular weight is 485 g/mol. The van der Waals surface area contributed by atoms with Gasteiger partial charge in [0.15, 0.2) is 0 Å². The van der Waals surface area contributed by atoms with Gasteiger partial charge in [0, 0.05) is 18.3 Å². The molecule has 0 spiro atoms. The Balaban J connectivity index is 1.60. The molecule has 13 atom stereocenters. The summed E-state index contributed by atoms with van der Waals surface area (Å²) in [5.74, 6) is -0.656. The lowest BCUT2D eigenvalue weighted by molar-refractivity contribution is -0.280. The first-order valence-corrected chi connectivity index (χ1v) is 13.4. The third-order valence-electron chi connectivity index (χ3n) is 11.2. The van der Waals surface area contributed by atoms with Crippen LogP contribution in [0, 0.1) is 40.4 Å². The molecule has 0 aromatic heterocycles. The van der Waals surface area contributed by atoms with E-state index in [1.165, 1.54) is 0 Å². The van der Waals surface area contributed by atoms with Gasteiger partial charge in [0.05, 0.1) is 41.7 Å². The molecule has 0 aromatic carbocycles. The summed E-state index contributed by atoms with van der Waals surface area (Å²) in [5.41, 5.74) is -3.21. The Labute approximate surface area is 204 Å². The van der Waals surface area contributed by atoms with Crippen molar-refractivity contribution in [2.45, 2.75) is 128 Å². The molecule has 0 aliphatic heterocycles. The Hall–Kier alpha value is -0.280. The predicted octanol–water partition coefficient (Wildman–Crippen LogP) is 1.58. The molecule has 7 heteroatoms. The van der Waals surface area contributed by atoms with Gasteiger partial charge in [0.25, 0.3) is 0 Å². The third kappa shape index (κ3) is 3.89. The summed E-state index contributed by atoms with van der Waals surface area (Å²) in [6, 6.07) is 0. The molecule has 7 N–H and O–H groups in total. The fraction of sp³-hybridized carbons (Fsp3) is 1.00. The maximum absolute atomic E-state index is 12.3. The minimum atomic E-state index is -1.24. The van der Waals surface area contributed by atoms with Crippen LogP contribution < -0.4 is 0 Å². The summed E-state index contributed by atoms with van der Waals surface area (Å²) < 4.78 is 0. The van der Waals surface area contributed by atoms with Crippen LogP contribution in [0.25, 0.3) is 0 Å². The van der Waals surface area contributed by atoms with E-state index in [0.717, 1.165) is 19.3 Å². The maximum atomic E-state index is 12.3. The van der Waals surface area contributed by atoms with Crippen molar-refractivity contribution in [3.8, 4) is 0 Å². The normalized spacial score (nSPS) is 52.9. The van der Waals surface area contributed by atoms with Crippen molar-refractivity contribution in [3.63, 3.8) is 0 Å². The molecule has 0 bridgehead atoms. The van der Waals surface area contributed by atoms with E-state index in [-0.39, 0.29) is 35.5 Å². The molecular weight excluding hydrogens is 436 g/mol. The number of hydrogen-bond donors (Lipinski definition) is 7. The third-order valence-corrected chi connectivity index (χ3v) is 11.2. The topological polar surface area (TPSA) is 142 Å². The van der Waals surface area contributed by atoms with Gasteiger partial charge < -0.3 is 35.7 Å². The van der Waals surface area contributed by atoms with Crippen LogP contribution in [0.2, 0.25) is 0 Å². The summed E-state index contributed by atoms with van der Waals surface area (Å²) in [7, 11) is 0. The van der Waals surface area contributed by atoms with E-state index in [2.05, 4.69) is 13.8 Å². The van der Waals surface area contributed by atoms with Gasteiger partial charge in [-0.25, -0.2) is 0 Å². The molecule has 4 saturated carbocycles. The summed E-state index contributed by atoms with van der Waals surface area (Å²) in [4.78, 5) is 0. The van der Waals surface area contributed by atoms with Crippen LogP contribution in [0.1, 0.15) is 86.0 Å². The summed E-state index contributed by atoms with van der Waals surface area (Å²) >= 11 is 0. The second-order valence-electron chi connectivity index (χ2n) is 13.6. The first kappa shape index (κ1) is 26.8. The van der Waals surface area contributed by atoms with Crippen LogP contribution >= 0.6 is 0 Å². The lowest BCUT2D eigenvalue weighted by atomic mass is 9.41. The van der Waals surface area contributed by atoms with E-state index in [1.54, 1.807) is 13.8 Å². The largest absolute Gasteiger partial charge is 0.393 e. The van der Waals surface area contributed by atoms with Crippen LogP contribution in [-0.2, 0) is 0 Å². The lowest BCUT2D eigenvalue weighted by Gasteiger charge is -2.66. The van der Waals surface area contributed by atoms with Crippen molar-refractivity contribution < 1.29 is 35.7 Å². The Bertz CT molecular complexity index is 754. The molecule has 0 aromatic rings. The molecule has 1 unspecified atom stereocenters. The lowest BCUT2D eigenvalue weighted by Crippen LogP contribution is -2.70. The van der Waals surface area contributed by atoms with Gasteiger partial charge in [-0.2, -0.15) is 0 Å². The van der Waals surface area contributed by atoms with E-state index in [0.29, 0.717) is 25.7 Å². The smallest absolute Gasteiger partial charge is 0.0857 e. The molecule has 34 heavy (non-hydrogen) atoms. The molecule has 198 valence electrons. The Morgan fingerprint density at radius 3 is 2.15 bits per heavy atom. The van der Waals surface area contributed by atoms with E-state index in [9.17, 15) is 35.7 Å². The summed E-state index contributed by atoms with van der Waals surface area (Å²) in [6.45, 7) is 9.59. The molecule has 0 saturated heterocycles. The second-order valence-corrected chi connectivity index (χ2v) is 13.6. The highest BCUT2D eigenvalue weighted by Gasteiger charge is 2.71. The van der Waals surface area contributed by atoms with Gasteiger partial charge in [0.1, 0.15) is 0 Å². The Kier molecular flexibility index (Phi) is 6.81. The van der Waals surface area contributed by atoms with Crippen molar-refractivity contribution in [2.24, 2.45) is 40.4 Å². The molecule has 4 aliphatic rings. The van der Waals surface area contributed by atoms with Crippen LogP contribution in [0.4, 0.5) is 0 Å². The molecule has 0 heterocycles. The molecular formula is C27H48O7. The number of hydrogen-bond acceptors (Lipinski definition) is 7. The highest BCUT2D eigenvalue weighted by molar-refractivity contribution is 5.20. The average Bonchev–Trinajstić information content (AvgIpc) is 2.99. The first-order valence-electron chi connectivity index (χ1n) is 13.4. The second kappa shape index (κ2) is 8.64. The molecule has 7 nitrogen and oxygen atoms in total. The van der Waals surface area contributed by atoms with E-state index < -0.39 is 53.1 Å². The van der Waals surface area contributed by atoms with Gasteiger partial charge in [0.2, 0.25) is 0 Å². The number of rotatable bonds is 5. The Morgan fingerprint density at radius 2 is 1.53 bits per heavy atom. The summed E-state index contributed by atoms with van der Waals surface area (Å²) in [5, 5.41) is 76.3. The standard InChI is InChI=1S/C27H48O7/c1-14(6-7-20(31)24(2,3)33)15-12-17(29)23-25(15,4)11-9-19-26(5)10-8-16(28)22(32)21(26)18(30)13-27(19,23)34/h14-23,28-34H,6-13H2,1-5H3/t14-,15-,16+,17-,18-,19-,20-,21?,22+,23-,25-,26-,27+/m1/s1. The fourth-order valence-corrected chi connectivity index (χ4v) is 9.49. The van der Waals surface area contributed by atoms with Crippen molar-refractivity contribution in [1.29, 1.82) is 0 Å². The van der Waals surface area contributed by atoms with Gasteiger partial charge in [-0.05, 0) is 87.4 Å². The highest BCUT2D eigenvalue weighted by Crippen LogP contribution is 2.69. The van der Waals surface area contributed by atoms with Crippen LogP contribution in [-0.4, -0.2) is 77.5 Å². The van der Waals surface area contributed by atoms with Crippen LogP contribution in [0.3, 0.4) is 0 Å². The van der Waals surface area contributed by atoms with E-state index >= 15 is 0 Å². The minimum absolute atomic E-state index is 0.109. The van der Waals surface area contributed by atoms with Crippen molar-refractivity contribution in [1.82, 2.24) is 0 Å². The van der Waals surface area contributed by atoms with Gasteiger partial charge in [-0.1, -0.05) is 20.8 Å². The molecule has 0 amide bonds. The van der Waals surface area contributed by atoms with Crippen molar-refractivity contribution in [2.75, 3.05) is 0 Å². The number of aliphatic hydroxyl groups is 7. The molecule has 4 fully saturated rings. The van der Waals surface area contributed by atoms with Gasteiger partial charge in [-0.15, -0.1) is 0 Å². The van der Waals surface area contributed by atoms with Gasteiger partial charge in [-0.3, -0.25) is 0 Å². The van der Waals surface area contributed by atoms with Crippen molar-refractivity contribution in [3.05, 3.63) is 0 Å². The quantitative estimate of drug-likeness (QED) is 0.314. The van der Waals surface area contributed by atoms with Crippen LogP contribution in [0.5, 0.6) is 0 Å². The first-order chi connectivity index (χ1) is 15.6. The number of fused-ring (bicyclic) bond motifs is 5. The van der Waals surface area contributed by atoms with Crippen LogP contribution in [0.15, 0.2) is 0 Å². The molecule has 4 aliphatic carbocycles. The fourth-order valence-electron chi connectivity index (χ4n) is 9.49. The van der Waals surface area contributed by atoms with Crippen molar-refractivity contribution >= 4 is 0 Å². The monoisotopic (exact) mass is 484 g/mol. The highest BCUT2D eigenvalue weighted by atomic mass is 16.3. The zero-order valence-corrected chi connectivity index (χ0v) is 21.6. The predicted molar refractivity (Wildman–Crippen MR) is 128 cm³/mol. The zero-order valence-electron chi connectivity index (χ0n) is 21.6. The van der Waals surface area contributed by atoms with E-state index in [1.807, 2.05) is 6.92 Å². The summed E-state index contributed by atoms with van der Waals surface area (Å²) in [6.07, 6.45) is 0.270. The Morgan fingerprint density at radius 1 is 0.912 bits per heavy atom.